The molecule has 1 unspecified atom stereocenters. The summed E-state index contributed by atoms with van der Waals surface area (Å²) < 4.78 is 74.9. The van der Waals surface area contributed by atoms with Crippen molar-refractivity contribution in [3.63, 3.8) is 0 Å². The van der Waals surface area contributed by atoms with E-state index in [1.54, 1.807) is 17.2 Å². The van der Waals surface area contributed by atoms with E-state index in [-0.39, 0.29) is 31.2 Å². The van der Waals surface area contributed by atoms with Crippen molar-refractivity contribution >= 4 is 45.6 Å². The van der Waals surface area contributed by atoms with Crippen LogP contribution in [0.3, 0.4) is 0 Å². The lowest BCUT2D eigenvalue weighted by molar-refractivity contribution is 0.0240. The molecule has 2 aromatic carbocycles. The average Bonchev–Trinajstić information content (AvgIpc) is 3.67. The molecular formula is C33H34F3N6O5S-. The van der Waals surface area contributed by atoms with Gasteiger partial charge in [-0.2, -0.15) is 0 Å². The number of pyridine rings is 1. The Hall–Kier alpha value is -4.47. The van der Waals surface area contributed by atoms with E-state index in [1.807, 2.05) is 45.0 Å². The molecule has 0 spiro atoms. The van der Waals surface area contributed by atoms with Crippen LogP contribution >= 0.6 is 0 Å². The van der Waals surface area contributed by atoms with Gasteiger partial charge in [-0.1, -0.05) is 12.1 Å². The number of amides is 1. The zero-order valence-electron chi connectivity index (χ0n) is 26.5. The number of H-pyrrole nitrogens is 1. The maximum atomic E-state index is 15.8. The minimum absolute atomic E-state index is 0.00213. The number of piperazine rings is 1. The predicted octanol–water partition coefficient (Wildman–Crippen LogP) is 5.36. The van der Waals surface area contributed by atoms with Crippen LogP contribution in [0.4, 0.5) is 29.3 Å². The van der Waals surface area contributed by atoms with Crippen LogP contribution < -0.4 is 9.31 Å². The van der Waals surface area contributed by atoms with Crippen molar-refractivity contribution in [2.75, 3.05) is 48.6 Å². The van der Waals surface area contributed by atoms with Gasteiger partial charge in [-0.25, -0.2) is 32.4 Å². The number of carbonyl (C=O) groups is 2. The van der Waals surface area contributed by atoms with Gasteiger partial charge in [0.25, 0.3) is 0 Å². The topological polar surface area (TPSA) is 125 Å². The quantitative estimate of drug-likeness (QED) is 0.204. The monoisotopic (exact) mass is 683 g/mol. The Labute approximate surface area is 277 Å². The van der Waals surface area contributed by atoms with Crippen LogP contribution in [0.1, 0.15) is 43.1 Å². The number of hydrogen-bond acceptors (Lipinski definition) is 8. The molecule has 4 heterocycles. The summed E-state index contributed by atoms with van der Waals surface area (Å²) in [6.07, 6.45) is 1.31. The van der Waals surface area contributed by atoms with Gasteiger partial charge in [0, 0.05) is 67.3 Å². The molecule has 6 rings (SSSR count). The molecule has 1 amide bonds. The number of hydrazine groups is 1. The molecule has 0 saturated carbocycles. The Bertz CT molecular complexity index is 1870. The molecule has 15 heteroatoms. The summed E-state index contributed by atoms with van der Waals surface area (Å²) in [6.45, 7) is 7.51. The van der Waals surface area contributed by atoms with Crippen LogP contribution in [-0.2, 0) is 16.0 Å². The molecular weight excluding hydrogens is 649 g/mol. The van der Waals surface area contributed by atoms with Gasteiger partial charge in [0.05, 0.1) is 23.4 Å². The van der Waals surface area contributed by atoms with E-state index >= 15 is 8.78 Å². The second-order valence-corrected chi connectivity index (χ2v) is 13.5. The minimum atomic E-state index is -3.06. The van der Waals surface area contributed by atoms with Gasteiger partial charge in [0.1, 0.15) is 28.9 Å². The highest BCUT2D eigenvalue weighted by Gasteiger charge is 2.33. The number of rotatable bonds is 7. The molecule has 48 heavy (non-hydrogen) atoms. The first-order chi connectivity index (χ1) is 22.8. The Balaban J connectivity index is 1.23. The maximum absolute atomic E-state index is 15.8. The fraction of sp³-hybridized carbons (Fsp3) is 0.364. The van der Waals surface area contributed by atoms with Gasteiger partial charge in [-0.3, -0.25) is 9.00 Å². The molecule has 0 bridgehead atoms. The standard InChI is InChI=1S/C33H35F3N6O5S/c1-33(2,3)47-32(44)40-14-12-39(13-15-40)23-6-4-20(5-7-23)21-16-24-25(18-38-31(24)37-17-21)30(43)28-26(35)8-9-27(29(28)36)42(48(45)46)41-11-10-22(34)19-41/h4-9,16-18,22H,10-15,19H2,1-3H3,(H,37,38)(H,45,46)/p-1/t22-/m1/s1. The molecule has 0 aliphatic carbocycles. The fourth-order valence-electron chi connectivity index (χ4n) is 5.91. The number of anilines is 2. The highest BCUT2D eigenvalue weighted by molar-refractivity contribution is 7.80. The van der Waals surface area contributed by atoms with E-state index < -0.39 is 51.7 Å². The normalized spacial score (nSPS) is 17.9. The van der Waals surface area contributed by atoms with Crippen LogP contribution in [0.25, 0.3) is 22.2 Å². The lowest BCUT2D eigenvalue weighted by atomic mass is 9.99. The fourth-order valence-corrected chi connectivity index (χ4v) is 6.55. The Morgan fingerprint density at radius 1 is 1.04 bits per heavy atom. The first-order valence-electron chi connectivity index (χ1n) is 15.4. The van der Waals surface area contributed by atoms with Crippen molar-refractivity contribution in [3.05, 3.63) is 77.6 Å². The molecule has 2 fully saturated rings. The number of ether oxygens (including phenoxy) is 1. The van der Waals surface area contributed by atoms with Crippen molar-refractivity contribution in [2.24, 2.45) is 0 Å². The van der Waals surface area contributed by atoms with Gasteiger partial charge in [0.15, 0.2) is 5.82 Å². The molecule has 254 valence electrons. The van der Waals surface area contributed by atoms with Gasteiger partial charge >= 0.3 is 6.09 Å². The number of carbonyl (C=O) groups excluding carboxylic acids is 2. The SMILES string of the molecule is CC(C)(C)OC(=O)N1CCN(c2ccc(-c3cnc4[nH]cc(C(=O)c5c(F)ccc(N(N6CC[C@@H](F)C6)S(=O)[O-])c5F)c4c3)cc2)CC1. The van der Waals surface area contributed by atoms with E-state index in [9.17, 15) is 22.7 Å². The van der Waals surface area contributed by atoms with E-state index in [1.165, 1.54) is 6.20 Å². The molecule has 2 atom stereocenters. The van der Waals surface area contributed by atoms with Crippen LogP contribution in [-0.4, -0.2) is 91.6 Å². The second-order valence-electron chi connectivity index (χ2n) is 12.7. The summed E-state index contributed by atoms with van der Waals surface area (Å²) in [6, 6.07) is 11.1. The largest absolute Gasteiger partial charge is 0.754 e. The van der Waals surface area contributed by atoms with Crippen LogP contribution in [0.5, 0.6) is 0 Å². The number of fused-ring (bicyclic) bond motifs is 1. The number of hydrogen-bond donors (Lipinski definition) is 1. The Morgan fingerprint density at radius 2 is 1.75 bits per heavy atom. The molecule has 2 aliphatic rings. The van der Waals surface area contributed by atoms with Crippen LogP contribution in [0.2, 0.25) is 0 Å². The van der Waals surface area contributed by atoms with Crippen molar-refractivity contribution in [1.82, 2.24) is 19.9 Å². The molecule has 11 nitrogen and oxygen atoms in total. The summed E-state index contributed by atoms with van der Waals surface area (Å²) in [5.74, 6) is -3.57. The number of aromatic nitrogens is 2. The van der Waals surface area contributed by atoms with Crippen molar-refractivity contribution in [2.45, 2.75) is 39.0 Å². The molecule has 2 saturated heterocycles. The molecule has 4 aromatic rings. The van der Waals surface area contributed by atoms with Gasteiger partial charge in [-0.15, -0.1) is 0 Å². The smallest absolute Gasteiger partial charge is 0.410 e. The molecule has 1 N–H and O–H groups in total. The Morgan fingerprint density at radius 3 is 2.38 bits per heavy atom. The van der Waals surface area contributed by atoms with Gasteiger partial charge < -0.3 is 24.1 Å². The average molecular weight is 684 g/mol. The first-order valence-corrected chi connectivity index (χ1v) is 16.5. The summed E-state index contributed by atoms with van der Waals surface area (Å²) in [4.78, 5) is 37.2. The summed E-state index contributed by atoms with van der Waals surface area (Å²) >= 11 is -3.06. The second kappa shape index (κ2) is 13.2. The zero-order chi connectivity index (χ0) is 34.3. The van der Waals surface area contributed by atoms with E-state index in [4.69, 9.17) is 4.74 Å². The summed E-state index contributed by atoms with van der Waals surface area (Å²) in [7, 11) is 0. The molecule has 2 aromatic heterocycles. The third-order valence-corrected chi connectivity index (χ3v) is 8.99. The number of benzene rings is 2. The lowest BCUT2D eigenvalue weighted by Gasteiger charge is -2.36. The third kappa shape index (κ3) is 6.75. The summed E-state index contributed by atoms with van der Waals surface area (Å²) in [5.41, 5.74) is 0.546. The van der Waals surface area contributed by atoms with Crippen molar-refractivity contribution in [3.8, 4) is 11.1 Å². The number of nitrogens with zero attached hydrogens (tertiary/aromatic N) is 5. The first kappa shape index (κ1) is 33.4. The van der Waals surface area contributed by atoms with Gasteiger partial charge in [-0.05, 0) is 63.1 Å². The molecule has 0 radical (unpaired) electrons. The van der Waals surface area contributed by atoms with E-state index in [0.29, 0.717) is 47.2 Å². The zero-order valence-corrected chi connectivity index (χ0v) is 27.4. The number of ketones is 1. The Kier molecular flexibility index (Phi) is 9.20. The number of nitrogens with one attached hydrogen (secondary N) is 1. The van der Waals surface area contributed by atoms with E-state index in [0.717, 1.165) is 28.4 Å². The maximum Gasteiger partial charge on any atom is 0.410 e. The number of halogens is 3. The predicted molar refractivity (Wildman–Crippen MR) is 174 cm³/mol. The van der Waals surface area contributed by atoms with Crippen molar-refractivity contribution in [1.29, 1.82) is 0 Å². The number of aromatic amines is 1. The minimum Gasteiger partial charge on any atom is -0.754 e. The number of alkyl halides is 1. The van der Waals surface area contributed by atoms with Gasteiger partial charge in [0.2, 0.25) is 5.78 Å². The summed E-state index contributed by atoms with van der Waals surface area (Å²) in [5, 5.41) is 1.41. The highest BCUT2D eigenvalue weighted by atomic mass is 32.2. The highest BCUT2D eigenvalue weighted by Crippen LogP contribution is 2.33. The van der Waals surface area contributed by atoms with Crippen molar-refractivity contribution < 1.29 is 36.3 Å². The van der Waals surface area contributed by atoms with Crippen LogP contribution in [0.15, 0.2) is 54.9 Å². The molecule has 2 aliphatic heterocycles. The van der Waals surface area contributed by atoms with Crippen LogP contribution in [0, 0.1) is 11.6 Å². The third-order valence-electron chi connectivity index (χ3n) is 8.28. The van der Waals surface area contributed by atoms with E-state index in [2.05, 4.69) is 14.9 Å². The lowest BCUT2D eigenvalue weighted by Crippen LogP contribution is -2.50.